The van der Waals surface area contributed by atoms with Gasteiger partial charge in [-0.15, -0.1) is 0 Å². The van der Waals surface area contributed by atoms with Crippen LogP contribution in [0.3, 0.4) is 0 Å². The van der Waals surface area contributed by atoms with Gasteiger partial charge in [0.15, 0.2) is 0 Å². The Kier molecular flexibility index (Phi) is 9.12. The Morgan fingerprint density at radius 3 is 2.64 bits per heavy atom. The first kappa shape index (κ1) is 27.1. The van der Waals surface area contributed by atoms with E-state index in [-0.39, 0.29) is 47.6 Å². The quantitative estimate of drug-likeness (QED) is 0.488. The van der Waals surface area contributed by atoms with Gasteiger partial charge in [0, 0.05) is 38.5 Å². The molecule has 7 unspecified atom stereocenters. The Balaban J connectivity index is 1.44. The third-order valence-electron chi connectivity index (χ3n) is 8.62. The molecule has 8 heteroatoms. The number of ether oxygens (including phenoxy) is 4. The van der Waals surface area contributed by atoms with Gasteiger partial charge in [-0.05, 0) is 56.8 Å². The maximum atomic E-state index is 13.0. The predicted octanol–water partition coefficient (Wildman–Crippen LogP) is 4.52. The highest BCUT2D eigenvalue weighted by molar-refractivity contribution is 5.69. The van der Waals surface area contributed by atoms with Crippen LogP contribution in [-0.4, -0.2) is 50.2 Å². The third-order valence-corrected chi connectivity index (χ3v) is 8.62. The van der Waals surface area contributed by atoms with Crippen LogP contribution in [0.1, 0.15) is 95.0 Å². The molecule has 2 heterocycles. The van der Waals surface area contributed by atoms with Crippen molar-refractivity contribution in [2.45, 2.75) is 102 Å². The molecule has 1 aromatic rings. The van der Waals surface area contributed by atoms with Crippen LogP contribution in [0.25, 0.3) is 0 Å². The number of carbonyl (C=O) groups excluding carboxylic acids is 1. The van der Waals surface area contributed by atoms with Gasteiger partial charge in [-0.2, -0.15) is 0 Å². The smallest absolute Gasteiger partial charge is 0.345 e. The zero-order chi connectivity index (χ0) is 25.8. The highest BCUT2D eigenvalue weighted by Gasteiger charge is 2.45. The number of esters is 1. The van der Waals surface area contributed by atoms with Crippen molar-refractivity contribution in [1.29, 1.82) is 0 Å². The van der Waals surface area contributed by atoms with Crippen LogP contribution in [0.4, 0.5) is 0 Å². The average molecular weight is 507 g/mol. The average Bonchev–Trinajstić information content (AvgIpc) is 2.89. The molecule has 0 spiro atoms. The molecule has 3 aliphatic rings. The molecule has 8 nitrogen and oxygen atoms in total. The minimum Gasteiger partial charge on any atom is -0.489 e. The van der Waals surface area contributed by atoms with Gasteiger partial charge >= 0.3 is 11.6 Å². The number of aliphatic hydroxyl groups excluding tert-OH is 1. The van der Waals surface area contributed by atoms with E-state index in [2.05, 4.69) is 13.8 Å². The number of methoxy groups -OCH3 is 2. The summed E-state index contributed by atoms with van der Waals surface area (Å²) in [7, 11) is 3.37. The summed E-state index contributed by atoms with van der Waals surface area (Å²) in [5.41, 5.74) is -0.268. The van der Waals surface area contributed by atoms with Crippen LogP contribution >= 0.6 is 0 Å². The molecule has 0 bridgehead atoms. The molecule has 2 saturated carbocycles. The summed E-state index contributed by atoms with van der Waals surface area (Å²) >= 11 is 0. The summed E-state index contributed by atoms with van der Waals surface area (Å²) in [5, 5.41) is 11.1. The van der Waals surface area contributed by atoms with Crippen LogP contribution in [0.5, 0.6) is 5.75 Å². The number of rotatable bonds is 9. The van der Waals surface area contributed by atoms with Crippen LogP contribution in [0.2, 0.25) is 0 Å². The molecular weight excluding hydrogens is 464 g/mol. The molecule has 1 N–H and O–H groups in total. The maximum absolute atomic E-state index is 13.0. The first-order chi connectivity index (χ1) is 17.4. The second-order valence-electron chi connectivity index (χ2n) is 10.9. The lowest BCUT2D eigenvalue weighted by Crippen LogP contribution is -2.44. The Morgan fingerprint density at radius 2 is 1.92 bits per heavy atom. The minimum atomic E-state index is -0.900. The minimum absolute atomic E-state index is 0.0272. The fourth-order valence-electron chi connectivity index (χ4n) is 6.27. The highest BCUT2D eigenvalue weighted by Crippen LogP contribution is 2.47. The number of carbonyl (C=O) groups is 1. The Hall–Kier alpha value is -1.90. The monoisotopic (exact) mass is 506 g/mol. The van der Waals surface area contributed by atoms with Gasteiger partial charge in [-0.25, -0.2) is 4.79 Å². The Morgan fingerprint density at radius 1 is 1.14 bits per heavy atom. The molecule has 2 fully saturated rings. The van der Waals surface area contributed by atoms with Crippen LogP contribution in [0, 0.1) is 17.8 Å². The number of aliphatic hydroxyl groups is 1. The van der Waals surface area contributed by atoms with Crippen LogP contribution < -0.4 is 10.4 Å². The molecule has 0 amide bonds. The van der Waals surface area contributed by atoms with E-state index in [9.17, 15) is 14.7 Å². The molecule has 4 rings (SSSR count). The van der Waals surface area contributed by atoms with Gasteiger partial charge in [0.1, 0.15) is 23.2 Å². The molecule has 202 valence electrons. The zero-order valence-corrected chi connectivity index (χ0v) is 22.1. The number of hydrogen-bond acceptors (Lipinski definition) is 8. The fourth-order valence-corrected chi connectivity index (χ4v) is 6.27. The van der Waals surface area contributed by atoms with Gasteiger partial charge in [0.2, 0.25) is 0 Å². The largest absolute Gasteiger partial charge is 0.489 e. The lowest BCUT2D eigenvalue weighted by Gasteiger charge is -2.43. The van der Waals surface area contributed by atoms with E-state index < -0.39 is 11.7 Å². The van der Waals surface area contributed by atoms with Gasteiger partial charge in [0.05, 0.1) is 24.9 Å². The van der Waals surface area contributed by atoms with Crippen LogP contribution in [-0.2, 0) is 19.0 Å². The van der Waals surface area contributed by atoms with Crippen molar-refractivity contribution in [3.8, 4) is 5.75 Å². The number of fused-ring (bicyclic) bond motifs is 2. The van der Waals surface area contributed by atoms with E-state index in [1.165, 1.54) is 0 Å². The van der Waals surface area contributed by atoms with Crippen LogP contribution in [0.15, 0.2) is 15.3 Å². The number of unbranched alkanes of at least 4 members (excludes halogenated alkanes) is 1. The topological polar surface area (TPSA) is 104 Å². The van der Waals surface area contributed by atoms with E-state index in [0.29, 0.717) is 36.9 Å². The van der Waals surface area contributed by atoms with Crippen molar-refractivity contribution in [2.24, 2.45) is 17.8 Å². The summed E-state index contributed by atoms with van der Waals surface area (Å²) in [4.78, 5) is 24.9. The first-order valence-corrected chi connectivity index (χ1v) is 13.6. The molecule has 1 aliphatic heterocycles. The standard InChI is InChI=1S/C28H42O8/c1-5-6-7-25(29)34-15-16(2)17-8-10-19-22(12-17)35-24-14-21(36-28(31)26(24)27(19)30)18-9-11-20(32-3)23(13-18)33-4/h14,16-20,22-23,27,30H,5-13,15H2,1-4H3/t16?,17-,18?,19?,20?,22?,23?,27?/m0/s1. The summed E-state index contributed by atoms with van der Waals surface area (Å²) in [6.45, 7) is 4.57. The predicted molar refractivity (Wildman–Crippen MR) is 133 cm³/mol. The lowest BCUT2D eigenvalue weighted by atomic mass is 9.71. The van der Waals surface area contributed by atoms with Crippen molar-refractivity contribution in [1.82, 2.24) is 0 Å². The van der Waals surface area contributed by atoms with E-state index >= 15 is 0 Å². The molecule has 8 atom stereocenters. The number of hydrogen-bond donors (Lipinski definition) is 1. The summed E-state index contributed by atoms with van der Waals surface area (Å²) in [6.07, 6.45) is 5.91. The lowest BCUT2D eigenvalue weighted by molar-refractivity contribution is -0.146. The van der Waals surface area contributed by atoms with E-state index in [1.807, 2.05) is 6.07 Å². The van der Waals surface area contributed by atoms with Crippen molar-refractivity contribution < 1.29 is 33.3 Å². The van der Waals surface area contributed by atoms with E-state index in [4.69, 9.17) is 23.4 Å². The van der Waals surface area contributed by atoms with Crippen molar-refractivity contribution in [2.75, 3.05) is 20.8 Å². The molecule has 0 saturated heterocycles. The normalized spacial score (nSPS) is 32.6. The zero-order valence-electron chi connectivity index (χ0n) is 22.1. The highest BCUT2D eigenvalue weighted by atomic mass is 16.5. The second kappa shape index (κ2) is 12.1. The van der Waals surface area contributed by atoms with E-state index in [0.717, 1.165) is 44.9 Å². The van der Waals surface area contributed by atoms with Gasteiger partial charge in [-0.1, -0.05) is 20.3 Å². The SMILES string of the molecule is CCCCC(=O)OCC(C)[C@H]1CCC2C(C1)Oc1cc(C3CCC(OC)C(OC)C3)oc(=O)c1C2O. The summed E-state index contributed by atoms with van der Waals surface area (Å²) in [6, 6.07) is 1.81. The molecular formula is C28H42O8. The fraction of sp³-hybridized carbons (Fsp3) is 0.786. The van der Waals surface area contributed by atoms with E-state index in [1.54, 1.807) is 14.2 Å². The third kappa shape index (κ3) is 5.81. The van der Waals surface area contributed by atoms with Crippen molar-refractivity contribution in [3.63, 3.8) is 0 Å². The Labute approximate surface area is 213 Å². The first-order valence-electron chi connectivity index (χ1n) is 13.6. The van der Waals surface area contributed by atoms with Gasteiger partial charge in [0.25, 0.3) is 0 Å². The Bertz CT molecular complexity index is 942. The van der Waals surface area contributed by atoms with Gasteiger partial charge in [-0.3, -0.25) is 4.79 Å². The molecule has 36 heavy (non-hydrogen) atoms. The van der Waals surface area contributed by atoms with Gasteiger partial charge < -0.3 is 28.5 Å². The molecule has 0 radical (unpaired) electrons. The summed E-state index contributed by atoms with van der Waals surface area (Å²) in [5.74, 6) is 1.31. The van der Waals surface area contributed by atoms with Crippen molar-refractivity contribution >= 4 is 5.97 Å². The molecule has 2 aliphatic carbocycles. The van der Waals surface area contributed by atoms with Crippen molar-refractivity contribution in [3.05, 3.63) is 27.8 Å². The second-order valence-corrected chi connectivity index (χ2v) is 10.9. The molecule has 1 aromatic heterocycles. The molecule has 0 aromatic carbocycles. The maximum Gasteiger partial charge on any atom is 0.345 e. The summed E-state index contributed by atoms with van der Waals surface area (Å²) < 4.78 is 28.8.